The van der Waals surface area contributed by atoms with E-state index in [1.807, 2.05) is 23.6 Å². The predicted molar refractivity (Wildman–Crippen MR) is 74.3 cm³/mol. The first-order valence-corrected chi connectivity index (χ1v) is 7.96. The Morgan fingerprint density at radius 1 is 1.11 bits per heavy atom. The highest BCUT2D eigenvalue weighted by atomic mass is 32.2. The van der Waals surface area contributed by atoms with Gasteiger partial charge in [0, 0.05) is 18.5 Å². The van der Waals surface area contributed by atoms with Crippen LogP contribution < -0.4 is 0 Å². The van der Waals surface area contributed by atoms with E-state index in [1.165, 1.54) is 9.18 Å². The van der Waals surface area contributed by atoms with E-state index in [9.17, 15) is 8.42 Å². The molecule has 2 rings (SSSR count). The quantitative estimate of drug-likeness (QED) is 0.845. The van der Waals surface area contributed by atoms with E-state index in [1.54, 1.807) is 42.6 Å². The molecule has 0 spiro atoms. The van der Waals surface area contributed by atoms with E-state index in [-0.39, 0.29) is 0 Å². The molecule has 0 N–H and O–H groups in total. The zero-order valence-corrected chi connectivity index (χ0v) is 11.7. The highest BCUT2D eigenvalue weighted by Crippen LogP contribution is 2.15. The lowest BCUT2D eigenvalue weighted by atomic mass is 10.3. The second-order valence-corrected chi connectivity index (χ2v) is 7.05. The van der Waals surface area contributed by atoms with Crippen LogP contribution in [-0.2, 0) is 16.4 Å². The highest BCUT2D eigenvalue weighted by molar-refractivity contribution is 7.89. The van der Waals surface area contributed by atoms with Crippen molar-refractivity contribution in [3.8, 4) is 0 Å². The van der Waals surface area contributed by atoms with Crippen LogP contribution in [0.3, 0.4) is 0 Å². The Hall–Kier alpha value is -1.17. The second kappa shape index (κ2) is 5.65. The van der Waals surface area contributed by atoms with Gasteiger partial charge in [0.2, 0.25) is 10.0 Å². The van der Waals surface area contributed by atoms with E-state index in [2.05, 4.69) is 0 Å². The van der Waals surface area contributed by atoms with Crippen molar-refractivity contribution in [3.63, 3.8) is 0 Å². The maximum atomic E-state index is 12.2. The number of benzene rings is 1. The van der Waals surface area contributed by atoms with Gasteiger partial charge >= 0.3 is 0 Å². The van der Waals surface area contributed by atoms with Crippen molar-refractivity contribution in [2.45, 2.75) is 11.3 Å². The summed E-state index contributed by atoms with van der Waals surface area (Å²) in [5.74, 6) is 0. The minimum Gasteiger partial charge on any atom is -0.207 e. The van der Waals surface area contributed by atoms with E-state index >= 15 is 0 Å². The third kappa shape index (κ3) is 2.98. The van der Waals surface area contributed by atoms with Gasteiger partial charge in [0.1, 0.15) is 0 Å². The van der Waals surface area contributed by atoms with Crippen LogP contribution in [0.4, 0.5) is 0 Å². The van der Waals surface area contributed by atoms with Crippen molar-refractivity contribution in [2.75, 3.05) is 13.6 Å². The van der Waals surface area contributed by atoms with Crippen molar-refractivity contribution in [1.82, 2.24) is 4.31 Å². The lowest BCUT2D eigenvalue weighted by Gasteiger charge is -2.16. The number of likely N-dealkylation sites (N-methyl/N-ethyl adjacent to an activating group) is 1. The summed E-state index contributed by atoms with van der Waals surface area (Å²) in [6, 6.07) is 12.5. The minimum atomic E-state index is -3.35. The Kier molecular flexibility index (Phi) is 4.16. The zero-order valence-electron chi connectivity index (χ0n) is 10.1. The summed E-state index contributed by atoms with van der Waals surface area (Å²) in [6.07, 6.45) is 0.750. The van der Waals surface area contributed by atoms with Crippen molar-refractivity contribution < 1.29 is 8.42 Å². The zero-order chi connectivity index (χ0) is 13.0. The molecule has 0 aliphatic rings. The molecule has 0 radical (unpaired) electrons. The van der Waals surface area contributed by atoms with Crippen LogP contribution in [0.15, 0.2) is 52.7 Å². The third-order valence-electron chi connectivity index (χ3n) is 2.70. The molecule has 0 aliphatic heterocycles. The molecule has 3 nitrogen and oxygen atoms in total. The van der Waals surface area contributed by atoms with Gasteiger partial charge in [0.25, 0.3) is 0 Å². The Morgan fingerprint density at radius 2 is 1.83 bits per heavy atom. The first kappa shape index (κ1) is 13.3. The van der Waals surface area contributed by atoms with Gasteiger partial charge < -0.3 is 0 Å². The standard InChI is InChI=1S/C13H15NO2S2/c1-14(10-9-12-6-5-11-17-12)18(15,16)13-7-3-2-4-8-13/h2-8,11H,9-10H2,1H3. The molecule has 1 aromatic carbocycles. The molecule has 0 atom stereocenters. The van der Waals surface area contributed by atoms with Gasteiger partial charge in [-0.15, -0.1) is 11.3 Å². The molecule has 0 saturated heterocycles. The average Bonchev–Trinajstić information content (AvgIpc) is 2.90. The molecule has 0 saturated carbocycles. The SMILES string of the molecule is CN(CCc1cccs1)S(=O)(=O)c1ccccc1. The van der Waals surface area contributed by atoms with Gasteiger partial charge in [-0.25, -0.2) is 12.7 Å². The van der Waals surface area contributed by atoms with Crippen LogP contribution in [0.25, 0.3) is 0 Å². The lowest BCUT2D eigenvalue weighted by molar-refractivity contribution is 0.473. The monoisotopic (exact) mass is 281 g/mol. The first-order chi connectivity index (χ1) is 8.60. The molecule has 0 bridgehead atoms. The molecular formula is C13H15NO2S2. The number of hydrogen-bond acceptors (Lipinski definition) is 3. The van der Waals surface area contributed by atoms with E-state index in [0.717, 1.165) is 6.42 Å². The van der Waals surface area contributed by atoms with Crippen LogP contribution in [0.1, 0.15) is 4.88 Å². The summed E-state index contributed by atoms with van der Waals surface area (Å²) in [7, 11) is -1.73. The van der Waals surface area contributed by atoms with Crippen LogP contribution in [0.2, 0.25) is 0 Å². The maximum absolute atomic E-state index is 12.2. The summed E-state index contributed by atoms with van der Waals surface area (Å²) in [6.45, 7) is 0.498. The largest absolute Gasteiger partial charge is 0.242 e. The van der Waals surface area contributed by atoms with Crippen molar-refractivity contribution in [2.24, 2.45) is 0 Å². The van der Waals surface area contributed by atoms with Crippen LogP contribution in [-0.4, -0.2) is 26.3 Å². The minimum absolute atomic E-state index is 0.346. The molecular weight excluding hydrogens is 266 g/mol. The summed E-state index contributed by atoms with van der Waals surface area (Å²) in [4.78, 5) is 1.55. The number of sulfonamides is 1. The van der Waals surface area contributed by atoms with Crippen molar-refractivity contribution in [3.05, 3.63) is 52.7 Å². The summed E-state index contributed by atoms with van der Waals surface area (Å²) >= 11 is 1.65. The number of rotatable bonds is 5. The normalized spacial score (nSPS) is 11.9. The van der Waals surface area contributed by atoms with Crippen molar-refractivity contribution >= 4 is 21.4 Å². The number of thiophene rings is 1. The molecule has 5 heteroatoms. The average molecular weight is 281 g/mol. The van der Waals surface area contributed by atoms with Crippen LogP contribution in [0.5, 0.6) is 0 Å². The molecule has 0 amide bonds. The van der Waals surface area contributed by atoms with Gasteiger partial charge in [0.05, 0.1) is 4.90 Å². The van der Waals surface area contributed by atoms with Crippen LogP contribution >= 0.6 is 11.3 Å². The fourth-order valence-corrected chi connectivity index (χ4v) is 3.51. The summed E-state index contributed by atoms with van der Waals surface area (Å²) in [5.41, 5.74) is 0. The summed E-state index contributed by atoms with van der Waals surface area (Å²) < 4.78 is 25.8. The van der Waals surface area contributed by atoms with Gasteiger partial charge in [-0.3, -0.25) is 0 Å². The van der Waals surface area contributed by atoms with Gasteiger partial charge in [0.15, 0.2) is 0 Å². The van der Waals surface area contributed by atoms with Gasteiger partial charge in [-0.2, -0.15) is 0 Å². The molecule has 0 unspecified atom stereocenters. The molecule has 0 fully saturated rings. The van der Waals surface area contributed by atoms with Gasteiger partial charge in [-0.1, -0.05) is 24.3 Å². The van der Waals surface area contributed by atoms with Gasteiger partial charge in [-0.05, 0) is 30.0 Å². The molecule has 96 valence electrons. The molecule has 1 heterocycles. The highest BCUT2D eigenvalue weighted by Gasteiger charge is 2.19. The smallest absolute Gasteiger partial charge is 0.207 e. The van der Waals surface area contributed by atoms with Crippen LogP contribution in [0, 0.1) is 0 Å². The first-order valence-electron chi connectivity index (χ1n) is 5.64. The van der Waals surface area contributed by atoms with E-state index in [4.69, 9.17) is 0 Å². The Balaban J connectivity index is 2.06. The molecule has 18 heavy (non-hydrogen) atoms. The maximum Gasteiger partial charge on any atom is 0.242 e. The number of nitrogens with zero attached hydrogens (tertiary/aromatic N) is 1. The van der Waals surface area contributed by atoms with E-state index in [0.29, 0.717) is 11.4 Å². The Bertz CT molecular complexity index is 577. The number of hydrogen-bond donors (Lipinski definition) is 0. The Labute approximate surface area is 112 Å². The second-order valence-electron chi connectivity index (χ2n) is 3.97. The fraction of sp³-hybridized carbons (Fsp3) is 0.231. The summed E-state index contributed by atoms with van der Waals surface area (Å²) in [5, 5.41) is 2.00. The third-order valence-corrected chi connectivity index (χ3v) is 5.51. The fourth-order valence-electron chi connectivity index (χ4n) is 1.62. The van der Waals surface area contributed by atoms with E-state index < -0.39 is 10.0 Å². The molecule has 2 aromatic rings. The Morgan fingerprint density at radius 3 is 2.44 bits per heavy atom. The topological polar surface area (TPSA) is 37.4 Å². The van der Waals surface area contributed by atoms with Crippen molar-refractivity contribution in [1.29, 1.82) is 0 Å². The molecule has 1 aromatic heterocycles. The molecule has 0 aliphatic carbocycles. The predicted octanol–water partition coefficient (Wildman–Crippen LogP) is 2.61. The lowest BCUT2D eigenvalue weighted by Crippen LogP contribution is -2.28.